The number of anilines is 1. The highest BCUT2D eigenvalue weighted by Gasteiger charge is 2.34. The van der Waals surface area contributed by atoms with E-state index in [1.165, 1.54) is 21.9 Å². The molecule has 1 aliphatic rings. The molecule has 2 aromatic rings. The van der Waals surface area contributed by atoms with Gasteiger partial charge in [0.1, 0.15) is 5.82 Å². The summed E-state index contributed by atoms with van der Waals surface area (Å²) in [6.07, 6.45) is -1.01. The van der Waals surface area contributed by atoms with Gasteiger partial charge in [0.2, 0.25) is 0 Å². The van der Waals surface area contributed by atoms with E-state index in [0.29, 0.717) is 11.3 Å². The molecule has 3 rings (SSSR count). The summed E-state index contributed by atoms with van der Waals surface area (Å²) < 4.78 is 13.0. The third kappa shape index (κ3) is 2.44. The van der Waals surface area contributed by atoms with E-state index in [1.807, 2.05) is 25.1 Å². The van der Waals surface area contributed by atoms with Crippen LogP contribution in [0.25, 0.3) is 0 Å². The zero-order valence-electron chi connectivity index (χ0n) is 12.5. The van der Waals surface area contributed by atoms with Crippen LogP contribution in [0, 0.1) is 12.7 Å². The second-order valence-corrected chi connectivity index (χ2v) is 5.53. The zero-order valence-corrected chi connectivity index (χ0v) is 12.5. The number of aryl methyl sites for hydroxylation is 1. The number of urea groups is 1. The first-order valence-electron chi connectivity index (χ1n) is 7.05. The SMILES string of the molecule is Cc1ccc2c(c1)C(O)N(Cc1ccc(F)cc1)C(=O)N2C. The van der Waals surface area contributed by atoms with E-state index in [-0.39, 0.29) is 18.4 Å². The van der Waals surface area contributed by atoms with Gasteiger partial charge < -0.3 is 5.11 Å². The van der Waals surface area contributed by atoms with Gasteiger partial charge in [-0.25, -0.2) is 9.18 Å². The maximum absolute atomic E-state index is 13.0. The Morgan fingerprint density at radius 3 is 2.55 bits per heavy atom. The highest BCUT2D eigenvalue weighted by Crippen LogP contribution is 2.35. The predicted molar refractivity (Wildman–Crippen MR) is 81.9 cm³/mol. The largest absolute Gasteiger partial charge is 0.369 e. The first kappa shape index (κ1) is 14.5. The van der Waals surface area contributed by atoms with Gasteiger partial charge >= 0.3 is 6.03 Å². The van der Waals surface area contributed by atoms with Gasteiger partial charge in [0.05, 0.1) is 12.2 Å². The van der Waals surface area contributed by atoms with E-state index < -0.39 is 6.23 Å². The molecule has 22 heavy (non-hydrogen) atoms. The maximum atomic E-state index is 13.0. The lowest BCUT2D eigenvalue weighted by Gasteiger charge is -2.39. The number of aliphatic hydroxyl groups is 1. The molecule has 0 spiro atoms. The van der Waals surface area contributed by atoms with Crippen molar-refractivity contribution in [3.05, 3.63) is 65.0 Å². The lowest BCUT2D eigenvalue weighted by molar-refractivity contribution is 0.0230. The number of hydrogen-bond donors (Lipinski definition) is 1. The van der Waals surface area contributed by atoms with Crippen LogP contribution in [0.4, 0.5) is 14.9 Å². The van der Waals surface area contributed by atoms with Gasteiger partial charge in [0.25, 0.3) is 0 Å². The standard InChI is InChI=1S/C17H17FN2O2/c1-11-3-8-15-14(9-11)16(21)20(17(22)19(15)2)10-12-4-6-13(18)7-5-12/h3-9,16,21H,10H2,1-2H3. The number of carbonyl (C=O) groups is 1. The van der Waals surface area contributed by atoms with Crippen molar-refractivity contribution in [2.24, 2.45) is 0 Å². The summed E-state index contributed by atoms with van der Waals surface area (Å²) in [6.45, 7) is 2.16. The van der Waals surface area contributed by atoms with E-state index in [4.69, 9.17) is 0 Å². The van der Waals surface area contributed by atoms with Crippen molar-refractivity contribution in [3.63, 3.8) is 0 Å². The molecule has 2 amide bonds. The Labute approximate surface area is 128 Å². The summed E-state index contributed by atoms with van der Waals surface area (Å²) >= 11 is 0. The third-order valence-corrected chi connectivity index (χ3v) is 3.92. The molecule has 0 saturated carbocycles. The highest BCUT2D eigenvalue weighted by atomic mass is 19.1. The molecule has 1 unspecified atom stereocenters. The fourth-order valence-corrected chi connectivity index (χ4v) is 2.70. The second kappa shape index (κ2) is 5.42. The van der Waals surface area contributed by atoms with Gasteiger partial charge in [0, 0.05) is 12.6 Å². The lowest BCUT2D eigenvalue weighted by atomic mass is 10.0. The van der Waals surface area contributed by atoms with E-state index in [2.05, 4.69) is 0 Å². The number of rotatable bonds is 2. The molecule has 4 nitrogen and oxygen atoms in total. The number of amides is 2. The van der Waals surface area contributed by atoms with Crippen molar-refractivity contribution in [2.75, 3.05) is 11.9 Å². The summed E-state index contributed by atoms with van der Waals surface area (Å²) in [5.74, 6) is -0.327. The Morgan fingerprint density at radius 2 is 1.86 bits per heavy atom. The van der Waals surface area contributed by atoms with Crippen LogP contribution < -0.4 is 4.90 Å². The van der Waals surface area contributed by atoms with Crippen LogP contribution in [0.3, 0.4) is 0 Å². The molecule has 0 aromatic heterocycles. The summed E-state index contributed by atoms with van der Waals surface area (Å²) in [5, 5.41) is 10.6. The van der Waals surface area contributed by atoms with Crippen LogP contribution in [0.1, 0.15) is 22.9 Å². The molecule has 2 aromatic carbocycles. The molecule has 1 atom stereocenters. The predicted octanol–water partition coefficient (Wildman–Crippen LogP) is 3.20. The number of halogens is 1. The van der Waals surface area contributed by atoms with Crippen molar-refractivity contribution >= 4 is 11.7 Å². The van der Waals surface area contributed by atoms with Crippen molar-refractivity contribution in [2.45, 2.75) is 19.7 Å². The van der Waals surface area contributed by atoms with Gasteiger partial charge in [-0.15, -0.1) is 0 Å². The van der Waals surface area contributed by atoms with Crippen LogP contribution in [0.2, 0.25) is 0 Å². The molecule has 0 bridgehead atoms. The van der Waals surface area contributed by atoms with Gasteiger partial charge in [-0.05, 0) is 36.8 Å². The number of benzene rings is 2. The topological polar surface area (TPSA) is 43.8 Å². The summed E-state index contributed by atoms with van der Waals surface area (Å²) in [5.41, 5.74) is 3.18. The second-order valence-electron chi connectivity index (χ2n) is 5.53. The molecule has 0 aliphatic carbocycles. The molecule has 0 saturated heterocycles. The maximum Gasteiger partial charge on any atom is 0.326 e. The summed E-state index contributed by atoms with van der Waals surface area (Å²) in [6, 6.07) is 11.2. The number of fused-ring (bicyclic) bond motifs is 1. The Balaban J connectivity index is 1.95. The fraction of sp³-hybridized carbons (Fsp3) is 0.235. The van der Waals surface area contributed by atoms with E-state index in [0.717, 1.165) is 11.1 Å². The molecular weight excluding hydrogens is 283 g/mol. The van der Waals surface area contributed by atoms with Gasteiger partial charge in [-0.1, -0.05) is 23.8 Å². The van der Waals surface area contributed by atoms with Gasteiger partial charge in [-0.2, -0.15) is 0 Å². The average Bonchev–Trinajstić information content (AvgIpc) is 2.51. The van der Waals surface area contributed by atoms with Crippen LogP contribution in [-0.4, -0.2) is 23.1 Å². The van der Waals surface area contributed by atoms with Crippen LogP contribution in [0.5, 0.6) is 0 Å². The Hall–Kier alpha value is -2.40. The monoisotopic (exact) mass is 300 g/mol. The fourth-order valence-electron chi connectivity index (χ4n) is 2.70. The Morgan fingerprint density at radius 1 is 1.18 bits per heavy atom. The molecular formula is C17H17FN2O2. The van der Waals surface area contributed by atoms with Crippen molar-refractivity contribution in [1.29, 1.82) is 0 Å². The normalized spacial score (nSPS) is 17.6. The molecule has 1 aliphatic heterocycles. The molecule has 5 heteroatoms. The third-order valence-electron chi connectivity index (χ3n) is 3.92. The van der Waals surface area contributed by atoms with Crippen LogP contribution in [-0.2, 0) is 6.54 Å². The van der Waals surface area contributed by atoms with Crippen molar-refractivity contribution in [3.8, 4) is 0 Å². The van der Waals surface area contributed by atoms with E-state index in [9.17, 15) is 14.3 Å². The number of nitrogens with zero attached hydrogens (tertiary/aromatic N) is 2. The van der Waals surface area contributed by atoms with E-state index >= 15 is 0 Å². The zero-order chi connectivity index (χ0) is 15.9. The van der Waals surface area contributed by atoms with Gasteiger partial charge in [-0.3, -0.25) is 9.80 Å². The first-order chi connectivity index (χ1) is 10.5. The average molecular weight is 300 g/mol. The van der Waals surface area contributed by atoms with Gasteiger partial charge in [0.15, 0.2) is 6.23 Å². The number of aliphatic hydroxyl groups excluding tert-OH is 1. The van der Waals surface area contributed by atoms with Crippen LogP contribution >= 0.6 is 0 Å². The Bertz CT molecular complexity index is 715. The molecule has 0 fully saturated rings. The van der Waals surface area contributed by atoms with Crippen LogP contribution in [0.15, 0.2) is 42.5 Å². The first-order valence-corrected chi connectivity index (χ1v) is 7.05. The summed E-state index contributed by atoms with van der Waals surface area (Å²) in [7, 11) is 1.68. The Kier molecular flexibility index (Phi) is 3.58. The minimum absolute atomic E-state index is 0.220. The smallest absolute Gasteiger partial charge is 0.326 e. The minimum atomic E-state index is -1.01. The van der Waals surface area contributed by atoms with E-state index in [1.54, 1.807) is 19.2 Å². The van der Waals surface area contributed by atoms with Crippen molar-refractivity contribution < 1.29 is 14.3 Å². The lowest BCUT2D eigenvalue weighted by Crippen LogP contribution is -2.47. The molecule has 0 radical (unpaired) electrons. The number of hydrogen-bond acceptors (Lipinski definition) is 2. The van der Waals surface area contributed by atoms with Crippen molar-refractivity contribution in [1.82, 2.24) is 4.90 Å². The minimum Gasteiger partial charge on any atom is -0.369 e. The molecule has 1 heterocycles. The number of carbonyl (C=O) groups excluding carboxylic acids is 1. The molecule has 1 N–H and O–H groups in total. The summed E-state index contributed by atoms with van der Waals surface area (Å²) in [4.78, 5) is 15.4. The quantitative estimate of drug-likeness (QED) is 0.925. The molecule has 114 valence electrons. The highest BCUT2D eigenvalue weighted by molar-refractivity contribution is 5.94.